The van der Waals surface area contributed by atoms with Gasteiger partial charge in [-0.15, -0.1) is 0 Å². The summed E-state index contributed by atoms with van der Waals surface area (Å²) >= 11 is 0. The van der Waals surface area contributed by atoms with Crippen LogP contribution in [0.15, 0.2) is 18.2 Å². The number of rotatable bonds is 3. The van der Waals surface area contributed by atoms with Crippen LogP contribution >= 0.6 is 0 Å². The van der Waals surface area contributed by atoms with Crippen LogP contribution in [0.2, 0.25) is 0 Å². The summed E-state index contributed by atoms with van der Waals surface area (Å²) in [7, 11) is 0. The van der Waals surface area contributed by atoms with Crippen molar-refractivity contribution in [2.24, 2.45) is 0 Å². The number of amides is 4. The van der Waals surface area contributed by atoms with Crippen LogP contribution in [0.3, 0.4) is 0 Å². The van der Waals surface area contributed by atoms with E-state index in [9.17, 15) is 19.2 Å². The molecule has 0 atom stereocenters. The van der Waals surface area contributed by atoms with Gasteiger partial charge in [0.05, 0.1) is 11.1 Å². The number of hydrogen-bond acceptors (Lipinski definition) is 5. The Bertz CT molecular complexity index is 850. The standard InChI is InChI=1S/C21H27N3O5/c1-14-5-6-15-16(13-14)19(27)24(18(15)26)8-7-17(25)22-9-11-23(12-10-22)20(28)29-21(2,3)4/h5-6,13H,7-12H2,1-4H3. The molecule has 0 N–H and O–H groups in total. The molecule has 8 heteroatoms. The maximum absolute atomic E-state index is 12.5. The summed E-state index contributed by atoms with van der Waals surface area (Å²) < 4.78 is 5.35. The van der Waals surface area contributed by atoms with Crippen molar-refractivity contribution >= 4 is 23.8 Å². The van der Waals surface area contributed by atoms with Crippen LogP contribution in [0, 0.1) is 6.92 Å². The molecule has 0 unspecified atom stereocenters. The van der Waals surface area contributed by atoms with E-state index >= 15 is 0 Å². The normalized spacial score (nSPS) is 16.9. The maximum atomic E-state index is 12.5. The van der Waals surface area contributed by atoms with Crippen LogP contribution in [-0.4, -0.2) is 76.8 Å². The average Bonchev–Trinajstić information content (AvgIpc) is 2.88. The molecule has 2 aliphatic heterocycles. The summed E-state index contributed by atoms with van der Waals surface area (Å²) in [5.41, 5.74) is 1.13. The molecule has 29 heavy (non-hydrogen) atoms. The van der Waals surface area contributed by atoms with Gasteiger partial charge in [-0.05, 0) is 39.8 Å². The number of aryl methyl sites for hydroxylation is 1. The highest BCUT2D eigenvalue weighted by molar-refractivity contribution is 6.21. The number of benzene rings is 1. The minimum atomic E-state index is -0.561. The Morgan fingerprint density at radius 3 is 2.17 bits per heavy atom. The van der Waals surface area contributed by atoms with Gasteiger partial charge in [0.15, 0.2) is 0 Å². The third kappa shape index (κ3) is 4.58. The minimum absolute atomic E-state index is 0.0521. The van der Waals surface area contributed by atoms with Crippen LogP contribution in [-0.2, 0) is 9.53 Å². The summed E-state index contributed by atoms with van der Waals surface area (Å²) in [5.74, 6) is -0.842. The van der Waals surface area contributed by atoms with Crippen molar-refractivity contribution in [1.82, 2.24) is 14.7 Å². The number of carbonyl (C=O) groups is 4. The maximum Gasteiger partial charge on any atom is 0.410 e. The predicted molar refractivity (Wildman–Crippen MR) is 106 cm³/mol. The lowest BCUT2D eigenvalue weighted by Crippen LogP contribution is -2.52. The number of nitrogens with zero attached hydrogens (tertiary/aromatic N) is 3. The lowest BCUT2D eigenvalue weighted by Gasteiger charge is -2.35. The summed E-state index contributed by atoms with van der Waals surface area (Å²) in [6.07, 6.45) is -0.317. The molecule has 1 saturated heterocycles. The molecule has 2 heterocycles. The largest absolute Gasteiger partial charge is 0.444 e. The van der Waals surface area contributed by atoms with Crippen LogP contribution in [0.25, 0.3) is 0 Å². The number of imide groups is 1. The van der Waals surface area contributed by atoms with Crippen molar-refractivity contribution in [3.05, 3.63) is 34.9 Å². The molecule has 2 aliphatic rings. The van der Waals surface area contributed by atoms with Crippen LogP contribution in [0.4, 0.5) is 4.79 Å². The molecule has 0 aliphatic carbocycles. The van der Waals surface area contributed by atoms with Gasteiger partial charge in [0.25, 0.3) is 11.8 Å². The molecule has 0 aromatic heterocycles. The van der Waals surface area contributed by atoms with Gasteiger partial charge < -0.3 is 14.5 Å². The van der Waals surface area contributed by atoms with E-state index in [1.807, 2.05) is 27.7 Å². The van der Waals surface area contributed by atoms with E-state index in [0.29, 0.717) is 37.3 Å². The molecular weight excluding hydrogens is 374 g/mol. The van der Waals surface area contributed by atoms with Crippen molar-refractivity contribution in [2.45, 2.75) is 39.7 Å². The van der Waals surface area contributed by atoms with Gasteiger partial charge in [-0.25, -0.2) is 4.79 Å². The molecule has 0 bridgehead atoms. The fourth-order valence-corrected chi connectivity index (χ4v) is 3.44. The zero-order valence-corrected chi connectivity index (χ0v) is 17.4. The monoisotopic (exact) mass is 401 g/mol. The van der Waals surface area contributed by atoms with Gasteiger partial charge in [-0.1, -0.05) is 11.6 Å². The smallest absolute Gasteiger partial charge is 0.410 e. The minimum Gasteiger partial charge on any atom is -0.444 e. The number of hydrogen-bond donors (Lipinski definition) is 0. The van der Waals surface area contributed by atoms with Crippen LogP contribution in [0.1, 0.15) is 53.5 Å². The molecule has 0 spiro atoms. The van der Waals surface area contributed by atoms with Crippen LogP contribution < -0.4 is 0 Å². The Morgan fingerprint density at radius 2 is 1.55 bits per heavy atom. The van der Waals surface area contributed by atoms with Crippen molar-refractivity contribution in [1.29, 1.82) is 0 Å². The second-order valence-corrected chi connectivity index (χ2v) is 8.41. The molecular formula is C21H27N3O5. The molecule has 3 rings (SSSR count). The van der Waals surface area contributed by atoms with E-state index in [1.165, 1.54) is 0 Å². The molecule has 0 radical (unpaired) electrons. The first kappa shape index (κ1) is 20.8. The summed E-state index contributed by atoms with van der Waals surface area (Å²) in [5, 5.41) is 0. The number of ether oxygens (including phenoxy) is 1. The SMILES string of the molecule is Cc1ccc2c(c1)C(=O)N(CCC(=O)N1CCN(C(=O)OC(C)(C)C)CC1)C2=O. The van der Waals surface area contributed by atoms with Gasteiger partial charge in [0.2, 0.25) is 5.91 Å². The van der Waals surface area contributed by atoms with Gasteiger partial charge >= 0.3 is 6.09 Å². The first-order chi connectivity index (χ1) is 13.6. The Balaban J connectivity index is 1.51. The van der Waals surface area contributed by atoms with Crippen molar-refractivity contribution in [3.8, 4) is 0 Å². The summed E-state index contributed by atoms with van der Waals surface area (Å²) in [6, 6.07) is 5.15. The van der Waals surface area contributed by atoms with Gasteiger partial charge in [-0.2, -0.15) is 0 Å². The topological polar surface area (TPSA) is 87.2 Å². The molecule has 4 amide bonds. The van der Waals surface area contributed by atoms with Gasteiger partial charge in [-0.3, -0.25) is 19.3 Å². The molecule has 1 fully saturated rings. The quantitative estimate of drug-likeness (QED) is 0.724. The zero-order chi connectivity index (χ0) is 21.3. The Hall–Kier alpha value is -2.90. The van der Waals surface area contributed by atoms with E-state index in [-0.39, 0.29) is 36.8 Å². The number of fused-ring (bicyclic) bond motifs is 1. The zero-order valence-electron chi connectivity index (χ0n) is 17.4. The fourth-order valence-electron chi connectivity index (χ4n) is 3.44. The molecule has 156 valence electrons. The number of piperazine rings is 1. The lowest BCUT2D eigenvalue weighted by molar-refractivity contribution is -0.133. The second-order valence-electron chi connectivity index (χ2n) is 8.41. The van der Waals surface area contributed by atoms with Crippen LogP contribution in [0.5, 0.6) is 0 Å². The van der Waals surface area contributed by atoms with E-state index in [1.54, 1.807) is 28.0 Å². The van der Waals surface area contributed by atoms with E-state index in [2.05, 4.69) is 0 Å². The summed E-state index contributed by atoms with van der Waals surface area (Å²) in [4.78, 5) is 54.0. The van der Waals surface area contributed by atoms with Crippen molar-refractivity contribution in [3.63, 3.8) is 0 Å². The van der Waals surface area contributed by atoms with Gasteiger partial charge in [0.1, 0.15) is 5.60 Å². The van der Waals surface area contributed by atoms with Crippen molar-refractivity contribution < 1.29 is 23.9 Å². The molecule has 1 aromatic carbocycles. The lowest BCUT2D eigenvalue weighted by atomic mass is 10.1. The van der Waals surface area contributed by atoms with Gasteiger partial charge in [0, 0.05) is 39.1 Å². The average molecular weight is 401 g/mol. The third-order valence-electron chi connectivity index (χ3n) is 4.96. The number of carbonyl (C=O) groups excluding carboxylic acids is 4. The summed E-state index contributed by atoms with van der Waals surface area (Å²) in [6.45, 7) is 8.94. The third-order valence-corrected chi connectivity index (χ3v) is 4.96. The Labute approximate surface area is 170 Å². The predicted octanol–water partition coefficient (Wildman–Crippen LogP) is 2.06. The molecule has 1 aromatic rings. The molecule has 0 saturated carbocycles. The van der Waals surface area contributed by atoms with E-state index in [0.717, 1.165) is 10.5 Å². The Kier molecular flexibility index (Phi) is 5.64. The first-order valence-electron chi connectivity index (χ1n) is 9.79. The molecule has 8 nitrogen and oxygen atoms in total. The fraction of sp³-hybridized carbons (Fsp3) is 0.524. The van der Waals surface area contributed by atoms with Crippen molar-refractivity contribution in [2.75, 3.05) is 32.7 Å². The second kappa shape index (κ2) is 7.85. The highest BCUT2D eigenvalue weighted by Gasteiger charge is 2.36. The van der Waals surface area contributed by atoms with E-state index < -0.39 is 5.60 Å². The Morgan fingerprint density at radius 1 is 0.966 bits per heavy atom. The first-order valence-corrected chi connectivity index (χ1v) is 9.79. The highest BCUT2D eigenvalue weighted by atomic mass is 16.6. The van der Waals surface area contributed by atoms with E-state index in [4.69, 9.17) is 4.74 Å². The highest BCUT2D eigenvalue weighted by Crippen LogP contribution is 2.24.